The summed E-state index contributed by atoms with van der Waals surface area (Å²) in [5, 5.41) is 26.6. The van der Waals surface area contributed by atoms with Crippen molar-refractivity contribution in [2.24, 2.45) is 0 Å². The van der Waals surface area contributed by atoms with Crippen LogP contribution < -0.4 is 10.6 Å². The van der Waals surface area contributed by atoms with Crippen molar-refractivity contribution in [3.05, 3.63) is 29.8 Å². The molecule has 0 aromatic heterocycles. The van der Waals surface area contributed by atoms with Crippen molar-refractivity contribution in [1.82, 2.24) is 25.3 Å². The molecule has 1 aromatic carbocycles. The fraction of sp³-hybridized carbons (Fsp3) is 0.630. The largest absolute Gasteiger partial charge is 0.388 e. The zero-order valence-electron chi connectivity index (χ0n) is 23.5. The lowest BCUT2D eigenvalue weighted by Crippen LogP contribution is -2.63. The molecule has 0 spiro atoms. The van der Waals surface area contributed by atoms with Gasteiger partial charge in [0.05, 0.1) is 30.0 Å². The molecule has 230 valence electrons. The Balaban J connectivity index is 1.42. The number of benzene rings is 1. The van der Waals surface area contributed by atoms with Crippen LogP contribution in [-0.4, -0.2) is 138 Å². The molecule has 4 N–H and O–H groups in total. The van der Waals surface area contributed by atoms with Crippen molar-refractivity contribution >= 4 is 33.5 Å². The van der Waals surface area contributed by atoms with E-state index in [1.165, 1.54) is 24.0 Å². The van der Waals surface area contributed by atoms with Gasteiger partial charge in [-0.15, -0.1) is 0 Å². The Morgan fingerprint density at radius 3 is 2.38 bits per heavy atom. The molecule has 6 bridgehead atoms. The van der Waals surface area contributed by atoms with Crippen LogP contribution >= 0.6 is 0 Å². The van der Waals surface area contributed by atoms with E-state index < -0.39 is 64.2 Å². The summed E-state index contributed by atoms with van der Waals surface area (Å²) in [6.07, 6.45) is -3.42. The number of carbonyl (C=O) groups excluding carboxylic acids is 4. The number of rotatable bonds is 3. The van der Waals surface area contributed by atoms with Gasteiger partial charge in [-0.3, -0.25) is 24.1 Å². The predicted octanol–water partition coefficient (Wildman–Crippen LogP) is -2.78. The van der Waals surface area contributed by atoms with Crippen LogP contribution in [0.2, 0.25) is 0 Å². The summed E-state index contributed by atoms with van der Waals surface area (Å²) in [5.74, 6) is -1.48. The van der Waals surface area contributed by atoms with Crippen LogP contribution in [0.1, 0.15) is 25.3 Å². The van der Waals surface area contributed by atoms with Crippen LogP contribution in [0.4, 0.5) is 0 Å². The van der Waals surface area contributed by atoms with E-state index >= 15 is 0 Å². The Hall–Kier alpha value is -3.11. The van der Waals surface area contributed by atoms with Gasteiger partial charge >= 0.3 is 0 Å². The van der Waals surface area contributed by atoms with Crippen molar-refractivity contribution in [1.29, 1.82) is 0 Å². The minimum absolute atomic E-state index is 0.0337. The second-order valence-electron chi connectivity index (χ2n) is 11.5. The highest BCUT2D eigenvalue weighted by Gasteiger charge is 2.46. The number of nitrogens with zero attached hydrogens (tertiary/aromatic N) is 3. The first kappa shape index (κ1) is 30.4. The number of carbonyl (C=O) groups is 4. The molecule has 4 amide bonds. The molecule has 42 heavy (non-hydrogen) atoms. The van der Waals surface area contributed by atoms with E-state index in [1.54, 1.807) is 17.0 Å². The van der Waals surface area contributed by atoms with E-state index in [4.69, 9.17) is 4.74 Å². The summed E-state index contributed by atoms with van der Waals surface area (Å²) in [6.45, 7) is 2.19. The highest BCUT2D eigenvalue weighted by Crippen LogP contribution is 2.27. The quantitative estimate of drug-likeness (QED) is 0.280. The molecule has 4 fully saturated rings. The first-order chi connectivity index (χ1) is 19.8. The molecular weight excluding hydrogens is 570 g/mol. The van der Waals surface area contributed by atoms with Crippen molar-refractivity contribution < 1.29 is 42.5 Å². The molecule has 1 aromatic rings. The third kappa shape index (κ3) is 6.29. The highest BCUT2D eigenvalue weighted by molar-refractivity contribution is 7.90. The molecule has 14 nitrogen and oxygen atoms in total. The Labute approximate surface area is 243 Å². The van der Waals surface area contributed by atoms with E-state index in [0.29, 0.717) is 13.1 Å². The van der Waals surface area contributed by atoms with E-state index in [9.17, 15) is 37.8 Å². The van der Waals surface area contributed by atoms with E-state index in [1.807, 2.05) is 4.90 Å². The fourth-order valence-corrected chi connectivity index (χ4v) is 6.89. The summed E-state index contributed by atoms with van der Waals surface area (Å²) in [7, 11) is -3.37. The van der Waals surface area contributed by atoms with E-state index in [0.717, 1.165) is 11.8 Å². The number of aliphatic hydroxyl groups is 2. The zero-order valence-corrected chi connectivity index (χ0v) is 24.3. The molecule has 7 atom stereocenters. The molecule has 5 rings (SSSR count). The van der Waals surface area contributed by atoms with Gasteiger partial charge in [0.1, 0.15) is 24.4 Å². The predicted molar refractivity (Wildman–Crippen MR) is 146 cm³/mol. The van der Waals surface area contributed by atoms with Crippen LogP contribution in [0, 0.1) is 0 Å². The van der Waals surface area contributed by atoms with Gasteiger partial charge < -0.3 is 35.4 Å². The lowest BCUT2D eigenvalue weighted by atomic mass is 10.0. The molecule has 4 aliphatic rings. The lowest BCUT2D eigenvalue weighted by Gasteiger charge is -2.41. The number of nitrogens with one attached hydrogen (secondary N) is 2. The molecule has 0 unspecified atom stereocenters. The second-order valence-corrected chi connectivity index (χ2v) is 13.5. The number of hydrogen-bond acceptors (Lipinski definition) is 10. The molecular formula is C27H37N5O9S. The average molecular weight is 608 g/mol. The van der Waals surface area contributed by atoms with E-state index in [-0.39, 0.29) is 55.7 Å². The van der Waals surface area contributed by atoms with Crippen LogP contribution in [0.3, 0.4) is 0 Å². The number of hydrogen-bond donors (Lipinski definition) is 4. The van der Waals surface area contributed by atoms with Crippen LogP contribution in [-0.2, 0) is 40.3 Å². The number of piperazine rings is 1. The van der Waals surface area contributed by atoms with Gasteiger partial charge in [0.25, 0.3) is 0 Å². The number of ether oxygens (including phenoxy) is 1. The summed E-state index contributed by atoms with van der Waals surface area (Å²) in [4.78, 5) is 57.6. The summed E-state index contributed by atoms with van der Waals surface area (Å²) in [5.41, 5.74) is 0.777. The smallest absolute Gasteiger partial charge is 0.244 e. The maximum atomic E-state index is 13.9. The van der Waals surface area contributed by atoms with Crippen molar-refractivity contribution in [2.75, 3.05) is 39.0 Å². The first-order valence-electron chi connectivity index (χ1n) is 14.0. The molecule has 4 aliphatic heterocycles. The van der Waals surface area contributed by atoms with Crippen molar-refractivity contribution in [3.8, 4) is 0 Å². The highest BCUT2D eigenvalue weighted by atomic mass is 32.2. The fourth-order valence-electron chi connectivity index (χ4n) is 6.26. The lowest BCUT2D eigenvalue weighted by molar-refractivity contribution is -0.149. The maximum absolute atomic E-state index is 13.9. The summed E-state index contributed by atoms with van der Waals surface area (Å²) < 4.78 is 29.5. The Morgan fingerprint density at radius 2 is 1.71 bits per heavy atom. The minimum Gasteiger partial charge on any atom is -0.388 e. The second kappa shape index (κ2) is 11.9. The molecule has 4 heterocycles. The Kier molecular flexibility index (Phi) is 8.58. The monoisotopic (exact) mass is 607 g/mol. The topological polar surface area (TPSA) is 186 Å². The first-order valence-corrected chi connectivity index (χ1v) is 15.9. The zero-order chi connectivity index (χ0) is 30.3. The molecule has 15 heteroatoms. The number of sulfone groups is 1. The van der Waals surface area contributed by atoms with Crippen molar-refractivity contribution in [3.63, 3.8) is 0 Å². The summed E-state index contributed by atoms with van der Waals surface area (Å²) >= 11 is 0. The van der Waals surface area contributed by atoms with Gasteiger partial charge in [0.2, 0.25) is 23.6 Å². The number of amides is 4. The summed E-state index contributed by atoms with van der Waals surface area (Å²) in [6, 6.07) is 4.38. The standard InChI is InChI=1S/C27H37N5O9S/c1-15(33)32-8-7-30-14-20(32)26(37)28-11-22-25(36)24(35)21(41-22)10-23(34)29-17-9-19(27(30)38)31(13-17)12-16-3-5-18(6-4-16)42(2,39)40/h3-6,17,19-22,24-25,35-36H,7-14H2,1-2H3,(H,28,37)(H,29,34)/t17-,19-,20-,21-,22+,24-,25+/m0/s1. The van der Waals surface area contributed by atoms with Gasteiger partial charge in [-0.05, 0) is 24.1 Å². The SMILES string of the molecule is CC(=O)N1CCN2C[C@H]1C(=O)NC[C@H]1O[C@@H](CC(=O)N[C@H]3C[C@@H](C2=O)N(Cc2ccc(S(C)(=O)=O)cc2)C3)[C@H](O)[C@@H]1O. The number of fused-ring (bicyclic) bond motifs is 6. The van der Waals surface area contributed by atoms with E-state index in [2.05, 4.69) is 10.6 Å². The number of aliphatic hydroxyl groups excluding tert-OH is 2. The maximum Gasteiger partial charge on any atom is 0.244 e. The normalized spacial score (nSPS) is 33.0. The average Bonchev–Trinajstić information content (AvgIpc) is 3.45. The molecule has 0 radical (unpaired) electrons. The number of likely N-dealkylation sites (tertiary alicyclic amines) is 1. The third-order valence-corrected chi connectivity index (χ3v) is 9.64. The van der Waals surface area contributed by atoms with Gasteiger partial charge in [0.15, 0.2) is 9.84 Å². The van der Waals surface area contributed by atoms with Gasteiger partial charge in [0, 0.05) is 51.9 Å². The Bertz CT molecular complexity index is 1340. The van der Waals surface area contributed by atoms with Gasteiger partial charge in [-0.2, -0.15) is 0 Å². The van der Waals surface area contributed by atoms with Crippen molar-refractivity contribution in [2.45, 2.75) is 73.7 Å². The Morgan fingerprint density at radius 1 is 1.02 bits per heavy atom. The van der Waals surface area contributed by atoms with Crippen LogP contribution in [0.15, 0.2) is 29.2 Å². The molecule has 0 aliphatic carbocycles. The van der Waals surface area contributed by atoms with Crippen LogP contribution in [0.25, 0.3) is 0 Å². The minimum atomic E-state index is -3.37. The molecule has 4 saturated heterocycles. The van der Waals surface area contributed by atoms with Gasteiger partial charge in [-0.25, -0.2) is 8.42 Å². The van der Waals surface area contributed by atoms with Crippen LogP contribution in [0.5, 0.6) is 0 Å². The molecule has 0 saturated carbocycles. The van der Waals surface area contributed by atoms with Gasteiger partial charge in [-0.1, -0.05) is 12.1 Å². The third-order valence-electron chi connectivity index (χ3n) is 8.52.